The van der Waals surface area contributed by atoms with E-state index >= 15 is 0 Å². The van der Waals surface area contributed by atoms with Crippen LogP contribution in [0.25, 0.3) is 0 Å². The highest BCUT2D eigenvalue weighted by molar-refractivity contribution is 5.63. The van der Waals surface area contributed by atoms with E-state index in [0.29, 0.717) is 0 Å². The van der Waals surface area contributed by atoms with Crippen LogP contribution in [0.1, 0.15) is 19.3 Å². The molecule has 2 saturated heterocycles. The number of nitro benzene ring substituents is 1. The van der Waals surface area contributed by atoms with Crippen LogP contribution >= 0.6 is 0 Å². The van der Waals surface area contributed by atoms with Crippen LogP contribution in [0.2, 0.25) is 0 Å². The SMILES string of the molecule is O=[N+]([O-])c1ccc(F)c(F)c1NC1CCN2CCCC12. The van der Waals surface area contributed by atoms with Crippen molar-refractivity contribution in [3.05, 3.63) is 33.9 Å². The number of halogens is 2. The fourth-order valence-corrected chi connectivity index (χ4v) is 3.27. The van der Waals surface area contributed by atoms with Crippen LogP contribution in [0.3, 0.4) is 0 Å². The van der Waals surface area contributed by atoms with Crippen LogP contribution in [-0.4, -0.2) is 35.0 Å². The van der Waals surface area contributed by atoms with Gasteiger partial charge < -0.3 is 5.32 Å². The topological polar surface area (TPSA) is 58.4 Å². The molecule has 0 aliphatic carbocycles. The number of hydrogen-bond donors (Lipinski definition) is 1. The largest absolute Gasteiger partial charge is 0.373 e. The van der Waals surface area contributed by atoms with Gasteiger partial charge in [0.2, 0.25) is 0 Å². The summed E-state index contributed by atoms with van der Waals surface area (Å²) in [5, 5.41) is 13.8. The predicted octanol–water partition coefficient (Wildman–Crippen LogP) is 2.52. The highest BCUT2D eigenvalue weighted by atomic mass is 19.2. The summed E-state index contributed by atoms with van der Waals surface area (Å²) in [4.78, 5) is 12.6. The fraction of sp³-hybridized carbons (Fsp3) is 0.538. The van der Waals surface area contributed by atoms with Crippen LogP contribution in [0.4, 0.5) is 20.2 Å². The molecule has 0 radical (unpaired) electrons. The minimum absolute atomic E-state index is 0.0625. The Balaban J connectivity index is 1.90. The van der Waals surface area contributed by atoms with E-state index in [2.05, 4.69) is 10.2 Å². The molecule has 7 heteroatoms. The Hall–Kier alpha value is -1.76. The first-order valence-electron chi connectivity index (χ1n) is 6.71. The normalized spacial score (nSPS) is 25.7. The summed E-state index contributed by atoms with van der Waals surface area (Å²) in [6.45, 7) is 1.91. The molecule has 3 rings (SSSR count). The van der Waals surface area contributed by atoms with Gasteiger partial charge in [-0.15, -0.1) is 0 Å². The zero-order chi connectivity index (χ0) is 14.3. The van der Waals surface area contributed by atoms with Gasteiger partial charge >= 0.3 is 0 Å². The highest BCUT2D eigenvalue weighted by Crippen LogP contribution is 2.34. The molecule has 0 spiro atoms. The number of anilines is 1. The summed E-state index contributed by atoms with van der Waals surface area (Å²) in [5.41, 5.74) is -0.742. The maximum absolute atomic E-state index is 13.9. The van der Waals surface area contributed by atoms with Gasteiger partial charge in [-0.25, -0.2) is 8.78 Å². The van der Waals surface area contributed by atoms with E-state index in [4.69, 9.17) is 0 Å². The molecule has 2 aliphatic rings. The Bertz CT molecular complexity index is 553. The molecule has 2 heterocycles. The van der Waals surface area contributed by atoms with Crippen LogP contribution in [-0.2, 0) is 0 Å². The molecule has 1 N–H and O–H groups in total. The first kappa shape index (κ1) is 13.2. The Morgan fingerprint density at radius 1 is 1.30 bits per heavy atom. The number of fused-ring (bicyclic) bond motifs is 1. The Morgan fingerprint density at radius 3 is 2.85 bits per heavy atom. The van der Waals surface area contributed by atoms with E-state index in [-0.39, 0.29) is 17.8 Å². The predicted molar refractivity (Wildman–Crippen MR) is 69.6 cm³/mol. The molecule has 20 heavy (non-hydrogen) atoms. The van der Waals surface area contributed by atoms with Crippen molar-refractivity contribution in [1.82, 2.24) is 4.90 Å². The number of benzene rings is 1. The molecule has 1 aromatic rings. The number of rotatable bonds is 3. The zero-order valence-electron chi connectivity index (χ0n) is 10.8. The molecular weight excluding hydrogens is 268 g/mol. The second kappa shape index (κ2) is 4.97. The molecule has 0 bridgehead atoms. The lowest BCUT2D eigenvalue weighted by Crippen LogP contribution is -2.34. The van der Waals surface area contributed by atoms with E-state index < -0.39 is 22.2 Å². The van der Waals surface area contributed by atoms with Gasteiger partial charge in [-0.2, -0.15) is 0 Å². The molecule has 0 saturated carbocycles. The van der Waals surface area contributed by atoms with E-state index in [9.17, 15) is 18.9 Å². The van der Waals surface area contributed by atoms with Crippen molar-refractivity contribution in [2.45, 2.75) is 31.3 Å². The average Bonchev–Trinajstić information content (AvgIpc) is 2.99. The standard InChI is InChI=1S/C13H15F2N3O2/c14-8-3-4-11(18(19)20)13(12(8)15)16-9-5-7-17-6-1-2-10(9)17/h3-4,9-10,16H,1-2,5-7H2. The van der Waals surface area contributed by atoms with Crippen LogP contribution in [0.5, 0.6) is 0 Å². The van der Waals surface area contributed by atoms with Gasteiger partial charge in [-0.3, -0.25) is 15.0 Å². The second-order valence-corrected chi connectivity index (χ2v) is 5.30. The molecule has 108 valence electrons. The van der Waals surface area contributed by atoms with Crippen molar-refractivity contribution in [2.24, 2.45) is 0 Å². The number of nitrogens with zero attached hydrogens (tertiary/aromatic N) is 2. The average molecular weight is 283 g/mol. The van der Waals surface area contributed by atoms with Crippen molar-refractivity contribution in [3.63, 3.8) is 0 Å². The van der Waals surface area contributed by atoms with Gasteiger partial charge in [0.1, 0.15) is 0 Å². The quantitative estimate of drug-likeness (QED) is 0.684. The third-order valence-electron chi connectivity index (χ3n) is 4.21. The molecule has 2 unspecified atom stereocenters. The minimum atomic E-state index is -1.17. The monoisotopic (exact) mass is 283 g/mol. The zero-order valence-corrected chi connectivity index (χ0v) is 10.8. The lowest BCUT2D eigenvalue weighted by atomic mass is 10.1. The summed E-state index contributed by atoms with van der Waals surface area (Å²) in [5.74, 6) is -2.24. The van der Waals surface area contributed by atoms with E-state index in [1.54, 1.807) is 0 Å². The molecule has 2 fully saturated rings. The Morgan fingerprint density at radius 2 is 2.10 bits per heavy atom. The summed E-state index contributed by atoms with van der Waals surface area (Å²) in [6, 6.07) is 1.99. The van der Waals surface area contributed by atoms with Gasteiger partial charge in [0.05, 0.1) is 4.92 Å². The molecule has 5 nitrogen and oxygen atoms in total. The fourth-order valence-electron chi connectivity index (χ4n) is 3.27. The van der Waals surface area contributed by atoms with Crippen LogP contribution in [0.15, 0.2) is 12.1 Å². The van der Waals surface area contributed by atoms with E-state index in [1.165, 1.54) is 0 Å². The lowest BCUT2D eigenvalue weighted by Gasteiger charge is -2.22. The Labute approximate surface area is 114 Å². The third-order valence-corrected chi connectivity index (χ3v) is 4.21. The van der Waals surface area contributed by atoms with Crippen molar-refractivity contribution in [3.8, 4) is 0 Å². The minimum Gasteiger partial charge on any atom is -0.373 e. The summed E-state index contributed by atoms with van der Waals surface area (Å²) >= 11 is 0. The van der Waals surface area contributed by atoms with Crippen LogP contribution in [0, 0.1) is 21.7 Å². The van der Waals surface area contributed by atoms with E-state index in [0.717, 1.165) is 44.5 Å². The van der Waals surface area contributed by atoms with Crippen molar-refractivity contribution in [1.29, 1.82) is 0 Å². The first-order valence-corrected chi connectivity index (χ1v) is 6.71. The lowest BCUT2D eigenvalue weighted by molar-refractivity contribution is -0.384. The van der Waals surface area contributed by atoms with Gasteiger partial charge in [0, 0.05) is 24.7 Å². The number of hydrogen-bond acceptors (Lipinski definition) is 4. The number of nitro groups is 1. The Kier molecular flexibility index (Phi) is 3.29. The van der Waals surface area contributed by atoms with Gasteiger partial charge in [-0.1, -0.05) is 0 Å². The van der Waals surface area contributed by atoms with E-state index in [1.807, 2.05) is 0 Å². The highest BCUT2D eigenvalue weighted by Gasteiger charge is 2.38. The summed E-state index contributed by atoms with van der Waals surface area (Å²) in [7, 11) is 0. The van der Waals surface area contributed by atoms with Gasteiger partial charge in [0.25, 0.3) is 5.69 Å². The summed E-state index contributed by atoms with van der Waals surface area (Å²) < 4.78 is 27.2. The van der Waals surface area contributed by atoms with Crippen LogP contribution < -0.4 is 5.32 Å². The molecule has 0 amide bonds. The second-order valence-electron chi connectivity index (χ2n) is 5.30. The first-order chi connectivity index (χ1) is 9.58. The molecule has 2 atom stereocenters. The van der Waals surface area contributed by atoms with Crippen molar-refractivity contribution >= 4 is 11.4 Å². The number of nitrogens with one attached hydrogen (secondary N) is 1. The maximum Gasteiger partial charge on any atom is 0.295 e. The van der Waals surface area contributed by atoms with Crippen molar-refractivity contribution in [2.75, 3.05) is 18.4 Å². The maximum atomic E-state index is 13.9. The van der Waals surface area contributed by atoms with Gasteiger partial charge in [0.15, 0.2) is 17.3 Å². The molecule has 2 aliphatic heterocycles. The molecule has 0 aromatic heterocycles. The summed E-state index contributed by atoms with van der Waals surface area (Å²) in [6.07, 6.45) is 2.86. The van der Waals surface area contributed by atoms with Gasteiger partial charge in [-0.05, 0) is 31.9 Å². The third kappa shape index (κ3) is 2.11. The van der Waals surface area contributed by atoms with Crippen molar-refractivity contribution < 1.29 is 13.7 Å². The smallest absolute Gasteiger partial charge is 0.295 e. The molecule has 1 aromatic carbocycles. The molecular formula is C13H15F2N3O2.